The van der Waals surface area contributed by atoms with Crippen molar-refractivity contribution in [2.24, 2.45) is 0 Å². The van der Waals surface area contributed by atoms with Gasteiger partial charge in [-0.25, -0.2) is 0 Å². The molecule has 2 aromatic rings. The van der Waals surface area contributed by atoms with E-state index in [1.165, 1.54) is 11.1 Å². The van der Waals surface area contributed by atoms with Gasteiger partial charge in [0, 0.05) is 30.0 Å². The van der Waals surface area contributed by atoms with Gasteiger partial charge in [0.25, 0.3) is 0 Å². The number of aryl methyl sites for hydroxylation is 1. The molecule has 0 saturated heterocycles. The van der Waals surface area contributed by atoms with Crippen LogP contribution < -0.4 is 10.1 Å². The predicted octanol–water partition coefficient (Wildman–Crippen LogP) is 3.32. The number of hydrogen-bond acceptors (Lipinski definition) is 3. The molecule has 0 aliphatic heterocycles. The lowest BCUT2D eigenvalue weighted by atomic mass is 10.2. The zero-order valence-corrected chi connectivity index (χ0v) is 12.5. The third-order valence-electron chi connectivity index (χ3n) is 2.81. The summed E-state index contributed by atoms with van der Waals surface area (Å²) in [5, 5.41) is 3.35. The molecule has 19 heavy (non-hydrogen) atoms. The summed E-state index contributed by atoms with van der Waals surface area (Å²) in [5.41, 5.74) is 2.49. The molecule has 1 aromatic heterocycles. The molecule has 0 atom stereocenters. The molecular formula is C15H17BrN2O. The molecule has 3 nitrogen and oxygen atoms in total. The van der Waals surface area contributed by atoms with Crippen LogP contribution in [-0.4, -0.2) is 18.1 Å². The average molecular weight is 321 g/mol. The van der Waals surface area contributed by atoms with Crippen LogP contribution in [0.1, 0.15) is 11.1 Å². The molecule has 0 unspecified atom stereocenters. The van der Waals surface area contributed by atoms with Gasteiger partial charge in [0.05, 0.1) is 0 Å². The number of nitrogens with one attached hydrogen (secondary N) is 1. The van der Waals surface area contributed by atoms with E-state index in [0.717, 1.165) is 23.3 Å². The van der Waals surface area contributed by atoms with E-state index < -0.39 is 0 Å². The third-order valence-corrected chi connectivity index (χ3v) is 3.30. The van der Waals surface area contributed by atoms with Crippen molar-refractivity contribution in [2.75, 3.05) is 13.2 Å². The first kappa shape index (κ1) is 14.0. The van der Waals surface area contributed by atoms with Crippen LogP contribution in [0.3, 0.4) is 0 Å². The van der Waals surface area contributed by atoms with Crippen LogP contribution in [0, 0.1) is 6.92 Å². The van der Waals surface area contributed by atoms with Crippen LogP contribution in [0.15, 0.2) is 47.2 Å². The summed E-state index contributed by atoms with van der Waals surface area (Å²) in [4.78, 5) is 4.13. The second kappa shape index (κ2) is 7.26. The van der Waals surface area contributed by atoms with Crippen molar-refractivity contribution in [3.8, 4) is 5.75 Å². The Hall–Kier alpha value is -1.39. The van der Waals surface area contributed by atoms with Crippen molar-refractivity contribution in [1.29, 1.82) is 0 Å². The van der Waals surface area contributed by atoms with E-state index in [1.54, 1.807) is 0 Å². The zero-order valence-electron chi connectivity index (χ0n) is 10.9. The molecule has 0 bridgehead atoms. The Morgan fingerprint density at radius 3 is 3.00 bits per heavy atom. The number of rotatable bonds is 6. The fourth-order valence-electron chi connectivity index (χ4n) is 1.70. The van der Waals surface area contributed by atoms with Crippen LogP contribution in [-0.2, 0) is 6.54 Å². The number of aromatic nitrogens is 1. The lowest BCUT2D eigenvalue weighted by molar-refractivity contribution is 0.313. The van der Waals surface area contributed by atoms with Crippen LogP contribution in [0.25, 0.3) is 0 Å². The molecule has 0 radical (unpaired) electrons. The summed E-state index contributed by atoms with van der Waals surface area (Å²) in [5.74, 6) is 0.883. The van der Waals surface area contributed by atoms with Gasteiger partial charge in [-0.1, -0.05) is 22.0 Å². The maximum Gasteiger partial charge on any atom is 0.120 e. The number of nitrogens with zero attached hydrogens (tertiary/aromatic N) is 1. The highest BCUT2D eigenvalue weighted by molar-refractivity contribution is 9.10. The second-order valence-corrected chi connectivity index (χ2v) is 5.20. The van der Waals surface area contributed by atoms with E-state index in [4.69, 9.17) is 4.74 Å². The molecule has 2 rings (SSSR count). The summed E-state index contributed by atoms with van der Waals surface area (Å²) in [6.07, 6.45) is 3.71. The Labute approximate surface area is 122 Å². The lowest BCUT2D eigenvalue weighted by Crippen LogP contribution is -2.21. The molecule has 4 heteroatoms. The monoisotopic (exact) mass is 320 g/mol. The molecule has 0 amide bonds. The molecule has 0 aliphatic rings. The highest BCUT2D eigenvalue weighted by atomic mass is 79.9. The maximum atomic E-state index is 5.65. The minimum atomic E-state index is 0.649. The van der Waals surface area contributed by atoms with Crippen molar-refractivity contribution in [3.63, 3.8) is 0 Å². The van der Waals surface area contributed by atoms with Crippen molar-refractivity contribution in [3.05, 3.63) is 58.3 Å². The Balaban J connectivity index is 1.69. The minimum absolute atomic E-state index is 0.649. The molecule has 1 N–H and O–H groups in total. The Kier molecular flexibility index (Phi) is 5.36. The lowest BCUT2D eigenvalue weighted by Gasteiger charge is -2.09. The molecule has 0 aliphatic carbocycles. The first-order valence-corrected chi connectivity index (χ1v) is 7.03. The van der Waals surface area contributed by atoms with Crippen molar-refractivity contribution < 1.29 is 4.74 Å². The van der Waals surface area contributed by atoms with Crippen LogP contribution in [0.5, 0.6) is 5.75 Å². The van der Waals surface area contributed by atoms with Crippen molar-refractivity contribution >= 4 is 15.9 Å². The van der Waals surface area contributed by atoms with E-state index in [-0.39, 0.29) is 0 Å². The maximum absolute atomic E-state index is 5.65. The van der Waals surface area contributed by atoms with Crippen molar-refractivity contribution in [2.45, 2.75) is 13.5 Å². The number of hydrogen-bond donors (Lipinski definition) is 1. The normalized spacial score (nSPS) is 10.4. The first-order chi connectivity index (χ1) is 9.25. The van der Waals surface area contributed by atoms with Gasteiger partial charge in [-0.05, 0) is 42.3 Å². The minimum Gasteiger partial charge on any atom is -0.492 e. The molecular weight excluding hydrogens is 304 g/mol. The standard InChI is InChI=1S/C15H17BrN2O/c1-12-5-6-17-10-13(12)11-18-7-8-19-15-4-2-3-14(16)9-15/h2-6,9-10,18H,7-8,11H2,1H3. The van der Waals surface area contributed by atoms with Gasteiger partial charge in [0.1, 0.15) is 12.4 Å². The highest BCUT2D eigenvalue weighted by Gasteiger charge is 1.98. The Bertz CT molecular complexity index is 531. The van der Waals surface area contributed by atoms with E-state index in [0.29, 0.717) is 6.61 Å². The summed E-state index contributed by atoms with van der Waals surface area (Å²) >= 11 is 3.42. The summed E-state index contributed by atoms with van der Waals surface area (Å²) in [7, 11) is 0. The van der Waals surface area contributed by atoms with Crippen LogP contribution >= 0.6 is 15.9 Å². The van der Waals surface area contributed by atoms with Crippen LogP contribution in [0.4, 0.5) is 0 Å². The topological polar surface area (TPSA) is 34.2 Å². The molecule has 100 valence electrons. The van der Waals surface area contributed by atoms with Gasteiger partial charge in [0.2, 0.25) is 0 Å². The quantitative estimate of drug-likeness (QED) is 0.829. The summed E-state index contributed by atoms with van der Waals surface area (Å²) in [6.45, 7) is 4.37. The number of ether oxygens (including phenoxy) is 1. The SMILES string of the molecule is Cc1ccncc1CNCCOc1cccc(Br)c1. The van der Waals surface area contributed by atoms with E-state index in [9.17, 15) is 0 Å². The predicted molar refractivity (Wildman–Crippen MR) is 80.3 cm³/mol. The van der Waals surface area contributed by atoms with Crippen LogP contribution in [0.2, 0.25) is 0 Å². The molecule has 1 aromatic carbocycles. The van der Waals surface area contributed by atoms with E-state index in [2.05, 4.69) is 33.2 Å². The van der Waals surface area contributed by atoms with Gasteiger partial charge in [-0.2, -0.15) is 0 Å². The van der Waals surface area contributed by atoms with Gasteiger partial charge in [-0.15, -0.1) is 0 Å². The second-order valence-electron chi connectivity index (χ2n) is 4.28. The average Bonchev–Trinajstić information content (AvgIpc) is 2.40. The Morgan fingerprint density at radius 2 is 2.21 bits per heavy atom. The molecule has 0 spiro atoms. The van der Waals surface area contributed by atoms with Gasteiger partial charge in [0.15, 0.2) is 0 Å². The largest absolute Gasteiger partial charge is 0.492 e. The fourth-order valence-corrected chi connectivity index (χ4v) is 2.08. The zero-order chi connectivity index (χ0) is 13.5. The Morgan fingerprint density at radius 1 is 1.32 bits per heavy atom. The third kappa shape index (κ3) is 4.65. The van der Waals surface area contributed by atoms with Gasteiger partial charge < -0.3 is 10.1 Å². The first-order valence-electron chi connectivity index (χ1n) is 6.24. The fraction of sp³-hybridized carbons (Fsp3) is 0.267. The highest BCUT2D eigenvalue weighted by Crippen LogP contribution is 2.17. The van der Waals surface area contributed by atoms with Gasteiger partial charge in [-0.3, -0.25) is 4.98 Å². The van der Waals surface area contributed by atoms with Crippen molar-refractivity contribution in [1.82, 2.24) is 10.3 Å². The van der Waals surface area contributed by atoms with E-state index in [1.807, 2.05) is 42.7 Å². The number of benzene rings is 1. The number of halogens is 1. The van der Waals surface area contributed by atoms with Gasteiger partial charge >= 0.3 is 0 Å². The number of pyridine rings is 1. The van der Waals surface area contributed by atoms with E-state index >= 15 is 0 Å². The summed E-state index contributed by atoms with van der Waals surface area (Å²) in [6, 6.07) is 9.89. The molecule has 0 saturated carbocycles. The summed E-state index contributed by atoms with van der Waals surface area (Å²) < 4.78 is 6.68. The molecule has 0 fully saturated rings. The molecule has 1 heterocycles. The smallest absolute Gasteiger partial charge is 0.120 e.